The highest BCUT2D eigenvalue weighted by atomic mass is 35.5. The summed E-state index contributed by atoms with van der Waals surface area (Å²) in [6.45, 7) is 0. The Hall–Kier alpha value is -2.33. The first kappa shape index (κ1) is 13.6. The van der Waals surface area contributed by atoms with E-state index in [1.807, 2.05) is 0 Å². The summed E-state index contributed by atoms with van der Waals surface area (Å²) in [6.07, 6.45) is 0. The van der Waals surface area contributed by atoms with Crippen LogP contribution in [0.4, 0.5) is 5.69 Å². The highest BCUT2D eigenvalue weighted by Crippen LogP contribution is 2.39. The maximum absolute atomic E-state index is 12.6. The van der Waals surface area contributed by atoms with Gasteiger partial charge in [0.15, 0.2) is 11.6 Å². The molecule has 102 valence electrons. The Morgan fingerprint density at radius 3 is 2.14 bits per heavy atom. The summed E-state index contributed by atoms with van der Waals surface area (Å²) in [6, 6.07) is 7.42. The minimum Gasteiger partial charge on any atom is -0.289 e. The fraction of sp³-hybridized carbons (Fsp3) is 0. The molecule has 0 saturated heterocycles. The Labute approximate surface area is 128 Å². The maximum atomic E-state index is 12.6. The van der Waals surface area contributed by atoms with Crippen molar-refractivity contribution in [3.63, 3.8) is 0 Å². The van der Waals surface area contributed by atoms with Crippen molar-refractivity contribution in [1.29, 1.82) is 0 Å². The van der Waals surface area contributed by atoms with Crippen molar-refractivity contribution in [2.45, 2.75) is 0 Å². The van der Waals surface area contributed by atoms with Crippen LogP contribution in [0, 0.1) is 0 Å². The molecule has 0 fully saturated rings. The molecule has 3 rings (SSSR count). The van der Waals surface area contributed by atoms with E-state index >= 15 is 0 Å². The Bertz CT molecular complexity index is 871. The third-order valence-electron chi connectivity index (χ3n) is 3.22. The third kappa shape index (κ3) is 1.91. The predicted octanol–water partition coefficient (Wildman–Crippen LogP) is 4.71. The number of hydrogen-bond donors (Lipinski definition) is 0. The van der Waals surface area contributed by atoms with Crippen molar-refractivity contribution in [2.24, 2.45) is 5.11 Å². The molecule has 0 aliphatic heterocycles. The first-order chi connectivity index (χ1) is 10.1. The van der Waals surface area contributed by atoms with Gasteiger partial charge in [-0.3, -0.25) is 9.59 Å². The van der Waals surface area contributed by atoms with E-state index in [1.165, 1.54) is 30.3 Å². The second-order valence-corrected chi connectivity index (χ2v) is 5.14. The highest BCUT2D eigenvalue weighted by Gasteiger charge is 2.34. The molecule has 0 atom stereocenters. The van der Waals surface area contributed by atoms with E-state index in [-0.39, 0.29) is 38.0 Å². The van der Waals surface area contributed by atoms with Gasteiger partial charge in [0.1, 0.15) is 0 Å². The zero-order valence-corrected chi connectivity index (χ0v) is 11.8. The number of hydrogen-bond acceptors (Lipinski definition) is 3. The Morgan fingerprint density at radius 2 is 1.52 bits per heavy atom. The lowest BCUT2D eigenvalue weighted by Gasteiger charge is -2.20. The highest BCUT2D eigenvalue weighted by molar-refractivity contribution is 6.43. The molecule has 0 aromatic heterocycles. The standard InChI is InChI=1S/C14H5Cl2N3O2/c15-7-4-5-8(16)12-11(7)13(20)6-2-1-3-9(18-19-17)10(6)14(12)21/h1-5H. The number of nitrogens with zero attached hydrogens (tertiary/aromatic N) is 3. The molecule has 5 nitrogen and oxygen atoms in total. The maximum Gasteiger partial charge on any atom is 0.196 e. The number of azide groups is 1. The van der Waals surface area contributed by atoms with Crippen LogP contribution in [0.2, 0.25) is 10.0 Å². The summed E-state index contributed by atoms with van der Waals surface area (Å²) in [5.41, 5.74) is 9.01. The van der Waals surface area contributed by atoms with Crippen molar-refractivity contribution in [2.75, 3.05) is 0 Å². The fourth-order valence-corrected chi connectivity index (χ4v) is 2.84. The number of rotatable bonds is 1. The van der Waals surface area contributed by atoms with Crippen molar-refractivity contribution in [3.05, 3.63) is 73.1 Å². The van der Waals surface area contributed by atoms with Crippen LogP contribution in [0.1, 0.15) is 31.8 Å². The first-order valence-electron chi connectivity index (χ1n) is 5.81. The monoisotopic (exact) mass is 317 g/mol. The topological polar surface area (TPSA) is 82.9 Å². The Kier molecular flexibility index (Phi) is 3.18. The Morgan fingerprint density at radius 1 is 0.905 bits per heavy atom. The number of fused-ring (bicyclic) bond motifs is 2. The lowest BCUT2D eigenvalue weighted by Crippen LogP contribution is -2.22. The van der Waals surface area contributed by atoms with E-state index < -0.39 is 11.6 Å². The van der Waals surface area contributed by atoms with Gasteiger partial charge in [-0.15, -0.1) is 0 Å². The average Bonchev–Trinajstić information content (AvgIpc) is 2.47. The van der Waals surface area contributed by atoms with E-state index in [0.717, 1.165) is 0 Å². The van der Waals surface area contributed by atoms with Crippen molar-refractivity contribution < 1.29 is 9.59 Å². The summed E-state index contributed by atoms with van der Waals surface area (Å²) in [7, 11) is 0. The van der Waals surface area contributed by atoms with Gasteiger partial charge in [-0.05, 0) is 17.7 Å². The number of ketones is 2. The average molecular weight is 318 g/mol. The molecule has 7 heteroatoms. The van der Waals surface area contributed by atoms with Gasteiger partial charge >= 0.3 is 0 Å². The molecule has 21 heavy (non-hydrogen) atoms. The number of benzene rings is 2. The van der Waals surface area contributed by atoms with Crippen LogP contribution in [0.5, 0.6) is 0 Å². The molecule has 2 aromatic rings. The van der Waals surface area contributed by atoms with E-state index in [1.54, 1.807) is 0 Å². The predicted molar refractivity (Wildman–Crippen MR) is 78.6 cm³/mol. The van der Waals surface area contributed by atoms with E-state index in [9.17, 15) is 9.59 Å². The SMILES string of the molecule is [N-]=[N+]=Nc1cccc2c1C(=O)c1c(Cl)ccc(Cl)c1C2=O. The second-order valence-electron chi connectivity index (χ2n) is 4.33. The van der Waals surface area contributed by atoms with E-state index in [0.29, 0.717) is 0 Å². The van der Waals surface area contributed by atoms with Gasteiger partial charge in [-0.1, -0.05) is 46.5 Å². The normalized spacial score (nSPS) is 12.5. The minimum atomic E-state index is -0.477. The smallest absolute Gasteiger partial charge is 0.196 e. The van der Waals surface area contributed by atoms with Gasteiger partial charge in [0.05, 0.1) is 21.2 Å². The van der Waals surface area contributed by atoms with Crippen molar-refractivity contribution in [1.82, 2.24) is 0 Å². The van der Waals surface area contributed by atoms with Crippen molar-refractivity contribution in [3.8, 4) is 0 Å². The quantitative estimate of drug-likeness (QED) is 0.370. The molecule has 1 aliphatic carbocycles. The second kappa shape index (κ2) is 4.90. The van der Waals surface area contributed by atoms with Crippen LogP contribution in [0.25, 0.3) is 10.4 Å². The van der Waals surface area contributed by atoms with Crippen LogP contribution in [-0.4, -0.2) is 11.6 Å². The van der Waals surface area contributed by atoms with E-state index in [2.05, 4.69) is 10.0 Å². The number of halogens is 2. The van der Waals surface area contributed by atoms with Crippen LogP contribution in [0.15, 0.2) is 35.4 Å². The summed E-state index contributed by atoms with van der Waals surface area (Å²) in [4.78, 5) is 27.9. The van der Waals surface area contributed by atoms with Crippen molar-refractivity contribution >= 4 is 40.5 Å². The van der Waals surface area contributed by atoms with Gasteiger partial charge in [0.25, 0.3) is 0 Å². The van der Waals surface area contributed by atoms with Crippen LogP contribution in [0.3, 0.4) is 0 Å². The summed E-state index contributed by atoms with van der Waals surface area (Å²) in [5, 5.41) is 3.75. The van der Waals surface area contributed by atoms with Gasteiger partial charge in [0.2, 0.25) is 0 Å². The lowest BCUT2D eigenvalue weighted by molar-refractivity contribution is 0.0979. The van der Waals surface area contributed by atoms with Gasteiger partial charge < -0.3 is 0 Å². The Balaban J connectivity index is 2.42. The minimum absolute atomic E-state index is 0.0438. The molecule has 0 amide bonds. The molecule has 0 N–H and O–H groups in total. The van der Waals surface area contributed by atoms with Crippen LogP contribution < -0.4 is 0 Å². The van der Waals surface area contributed by atoms with Gasteiger partial charge in [0, 0.05) is 21.7 Å². The lowest BCUT2D eigenvalue weighted by atomic mass is 9.83. The molecule has 0 heterocycles. The number of carbonyl (C=O) groups is 2. The molecule has 0 bridgehead atoms. The molecule has 0 spiro atoms. The fourth-order valence-electron chi connectivity index (χ4n) is 2.35. The molecule has 0 saturated carbocycles. The largest absolute Gasteiger partial charge is 0.289 e. The first-order valence-corrected chi connectivity index (χ1v) is 6.57. The molecule has 2 aromatic carbocycles. The number of carbonyl (C=O) groups excluding carboxylic acids is 2. The molecule has 1 aliphatic rings. The summed E-state index contributed by atoms with van der Waals surface area (Å²) in [5.74, 6) is -0.891. The third-order valence-corrected chi connectivity index (χ3v) is 3.85. The zero-order chi connectivity index (χ0) is 15.1. The van der Waals surface area contributed by atoms with Gasteiger partial charge in [-0.25, -0.2) is 0 Å². The van der Waals surface area contributed by atoms with E-state index in [4.69, 9.17) is 28.7 Å². The molecular weight excluding hydrogens is 313 g/mol. The van der Waals surface area contributed by atoms with Crippen LogP contribution >= 0.6 is 23.2 Å². The zero-order valence-electron chi connectivity index (χ0n) is 10.3. The molecule has 0 radical (unpaired) electrons. The summed E-state index contributed by atoms with van der Waals surface area (Å²) >= 11 is 12.1. The molecular formula is C14H5Cl2N3O2. The van der Waals surface area contributed by atoms with Crippen LogP contribution in [-0.2, 0) is 0 Å². The summed E-state index contributed by atoms with van der Waals surface area (Å²) < 4.78 is 0. The van der Waals surface area contributed by atoms with Gasteiger partial charge in [-0.2, -0.15) is 0 Å². The molecule has 0 unspecified atom stereocenters.